The van der Waals surface area contributed by atoms with Crippen molar-refractivity contribution in [1.29, 1.82) is 0 Å². The molecule has 0 bridgehead atoms. The summed E-state index contributed by atoms with van der Waals surface area (Å²) in [6.45, 7) is 7.39. The van der Waals surface area contributed by atoms with E-state index >= 15 is 0 Å². The molecule has 1 N–H and O–H groups in total. The highest BCUT2D eigenvalue weighted by Crippen LogP contribution is 2.27. The number of hydrogen-bond acceptors (Lipinski definition) is 4. The molecule has 4 heteroatoms. The Bertz CT molecular complexity index is 593. The van der Waals surface area contributed by atoms with Crippen molar-refractivity contribution in [2.75, 3.05) is 11.9 Å². The third-order valence-corrected chi connectivity index (χ3v) is 4.86. The first-order valence-electron chi connectivity index (χ1n) is 7.37. The topological polar surface area (TPSA) is 34.2 Å². The highest BCUT2D eigenvalue weighted by Gasteiger charge is 2.24. The van der Waals surface area contributed by atoms with Crippen LogP contribution in [0.2, 0.25) is 0 Å². The Kier molecular flexibility index (Phi) is 3.94. The molecule has 0 aliphatic carbocycles. The molecule has 2 heterocycles. The van der Waals surface area contributed by atoms with E-state index < -0.39 is 0 Å². The van der Waals surface area contributed by atoms with Gasteiger partial charge in [-0.3, -0.25) is 0 Å². The molecule has 1 saturated heterocycles. The second-order valence-corrected chi connectivity index (χ2v) is 7.17. The number of benzene rings is 1. The first-order chi connectivity index (χ1) is 9.61. The van der Waals surface area contributed by atoms with Crippen LogP contribution < -0.4 is 5.32 Å². The van der Waals surface area contributed by atoms with Gasteiger partial charge in [-0.2, -0.15) is 0 Å². The molecule has 3 rings (SSSR count). The van der Waals surface area contributed by atoms with Crippen molar-refractivity contribution in [2.24, 2.45) is 5.92 Å². The van der Waals surface area contributed by atoms with E-state index in [-0.39, 0.29) is 0 Å². The van der Waals surface area contributed by atoms with Gasteiger partial charge in [0.15, 0.2) is 0 Å². The van der Waals surface area contributed by atoms with E-state index in [1.807, 2.05) is 0 Å². The molecule has 1 fully saturated rings. The average Bonchev–Trinajstić information content (AvgIpc) is 2.78. The lowest BCUT2D eigenvalue weighted by Gasteiger charge is -2.32. The zero-order chi connectivity index (χ0) is 14.1. The summed E-state index contributed by atoms with van der Waals surface area (Å²) in [5.74, 6) is 0.589. The molecule has 1 aliphatic heterocycles. The number of nitrogens with zero attached hydrogens (tertiary/aromatic N) is 1. The summed E-state index contributed by atoms with van der Waals surface area (Å²) in [7, 11) is 0. The Morgan fingerprint density at radius 1 is 1.40 bits per heavy atom. The van der Waals surface area contributed by atoms with Crippen molar-refractivity contribution < 1.29 is 4.74 Å². The van der Waals surface area contributed by atoms with E-state index in [0.717, 1.165) is 30.0 Å². The van der Waals surface area contributed by atoms with Crippen LogP contribution >= 0.6 is 11.3 Å². The van der Waals surface area contributed by atoms with Crippen LogP contribution in [0, 0.1) is 12.8 Å². The Morgan fingerprint density at radius 3 is 3.05 bits per heavy atom. The zero-order valence-electron chi connectivity index (χ0n) is 12.3. The number of ether oxygens (including phenoxy) is 1. The van der Waals surface area contributed by atoms with Gasteiger partial charge in [-0.25, -0.2) is 4.98 Å². The fourth-order valence-corrected chi connectivity index (χ4v) is 3.66. The fraction of sp³-hybridized carbons (Fsp3) is 0.562. The predicted molar refractivity (Wildman–Crippen MR) is 85.6 cm³/mol. The Hall–Kier alpha value is -1.13. The van der Waals surface area contributed by atoms with Crippen LogP contribution in [-0.4, -0.2) is 23.7 Å². The SMILES string of the molecule is Cc1nc2ccc(NC3CCOC(C(C)C)C3)cc2s1. The third kappa shape index (κ3) is 2.96. The molecule has 1 aliphatic rings. The maximum Gasteiger partial charge on any atom is 0.0907 e. The molecule has 3 nitrogen and oxygen atoms in total. The van der Waals surface area contributed by atoms with Gasteiger partial charge in [0.05, 0.1) is 21.3 Å². The summed E-state index contributed by atoms with van der Waals surface area (Å²) in [6, 6.07) is 6.99. The third-order valence-electron chi connectivity index (χ3n) is 3.92. The molecule has 2 unspecified atom stereocenters. The molecule has 0 spiro atoms. The molecule has 0 radical (unpaired) electrons. The molecular formula is C16H22N2OS. The van der Waals surface area contributed by atoms with Crippen LogP contribution in [0.3, 0.4) is 0 Å². The molecule has 1 aromatic carbocycles. The van der Waals surface area contributed by atoms with Gasteiger partial charge in [0, 0.05) is 18.3 Å². The van der Waals surface area contributed by atoms with Gasteiger partial charge in [0.2, 0.25) is 0 Å². The van der Waals surface area contributed by atoms with Crippen molar-refractivity contribution in [2.45, 2.75) is 45.8 Å². The lowest BCUT2D eigenvalue weighted by molar-refractivity contribution is -0.0160. The fourth-order valence-electron chi connectivity index (χ4n) is 2.79. The Balaban J connectivity index is 1.72. The van der Waals surface area contributed by atoms with Gasteiger partial charge < -0.3 is 10.1 Å². The first kappa shape index (κ1) is 13.8. The Morgan fingerprint density at radius 2 is 2.25 bits per heavy atom. The largest absolute Gasteiger partial charge is 0.382 e. The number of aryl methyl sites for hydroxylation is 1. The number of anilines is 1. The number of nitrogens with one attached hydrogen (secondary N) is 1. The van der Waals surface area contributed by atoms with Crippen molar-refractivity contribution in [3.05, 3.63) is 23.2 Å². The van der Waals surface area contributed by atoms with Crippen molar-refractivity contribution in [1.82, 2.24) is 4.98 Å². The lowest BCUT2D eigenvalue weighted by atomic mass is 9.95. The summed E-state index contributed by atoms with van der Waals surface area (Å²) in [5, 5.41) is 4.79. The van der Waals surface area contributed by atoms with E-state index in [1.165, 1.54) is 10.4 Å². The first-order valence-corrected chi connectivity index (χ1v) is 8.19. The van der Waals surface area contributed by atoms with Crippen LogP contribution in [-0.2, 0) is 4.74 Å². The number of aromatic nitrogens is 1. The quantitative estimate of drug-likeness (QED) is 0.919. The van der Waals surface area contributed by atoms with Crippen LogP contribution in [0.1, 0.15) is 31.7 Å². The minimum Gasteiger partial charge on any atom is -0.382 e. The lowest BCUT2D eigenvalue weighted by Crippen LogP contribution is -2.36. The second kappa shape index (κ2) is 5.70. The van der Waals surface area contributed by atoms with Crippen LogP contribution in [0.25, 0.3) is 10.2 Å². The molecule has 108 valence electrons. The van der Waals surface area contributed by atoms with Gasteiger partial charge in [-0.05, 0) is 43.9 Å². The van der Waals surface area contributed by atoms with Gasteiger partial charge in [0.1, 0.15) is 0 Å². The minimum atomic E-state index is 0.385. The summed E-state index contributed by atoms with van der Waals surface area (Å²) in [5.41, 5.74) is 2.31. The Labute approximate surface area is 124 Å². The number of rotatable bonds is 3. The van der Waals surface area contributed by atoms with Crippen LogP contribution in [0.5, 0.6) is 0 Å². The minimum absolute atomic E-state index is 0.385. The summed E-state index contributed by atoms with van der Waals surface area (Å²) in [6.07, 6.45) is 2.57. The summed E-state index contributed by atoms with van der Waals surface area (Å²) >= 11 is 1.76. The molecule has 20 heavy (non-hydrogen) atoms. The van der Waals surface area contributed by atoms with Crippen molar-refractivity contribution in [3.8, 4) is 0 Å². The van der Waals surface area contributed by atoms with Gasteiger partial charge in [-0.1, -0.05) is 13.8 Å². The molecule has 1 aromatic heterocycles. The standard InChI is InChI=1S/C16H22N2OS/c1-10(2)15-8-13(6-7-19-15)18-12-4-5-14-16(9-12)20-11(3)17-14/h4-5,9-10,13,15,18H,6-8H2,1-3H3. The smallest absolute Gasteiger partial charge is 0.0907 e. The monoisotopic (exact) mass is 290 g/mol. The van der Waals surface area contributed by atoms with E-state index in [4.69, 9.17) is 4.74 Å². The van der Waals surface area contributed by atoms with Gasteiger partial charge in [0.25, 0.3) is 0 Å². The van der Waals surface area contributed by atoms with Crippen LogP contribution in [0.15, 0.2) is 18.2 Å². The average molecular weight is 290 g/mol. The molecule has 0 saturated carbocycles. The molecule has 2 aromatic rings. The second-order valence-electron chi connectivity index (χ2n) is 5.93. The maximum absolute atomic E-state index is 5.83. The molecular weight excluding hydrogens is 268 g/mol. The number of hydrogen-bond donors (Lipinski definition) is 1. The highest BCUT2D eigenvalue weighted by molar-refractivity contribution is 7.18. The summed E-state index contributed by atoms with van der Waals surface area (Å²) in [4.78, 5) is 4.51. The predicted octanol–water partition coefficient (Wildman–Crippen LogP) is 4.22. The maximum atomic E-state index is 5.83. The van der Waals surface area contributed by atoms with E-state index in [2.05, 4.69) is 49.3 Å². The van der Waals surface area contributed by atoms with Gasteiger partial charge in [-0.15, -0.1) is 11.3 Å². The van der Waals surface area contributed by atoms with Crippen molar-refractivity contribution in [3.63, 3.8) is 0 Å². The highest BCUT2D eigenvalue weighted by atomic mass is 32.1. The van der Waals surface area contributed by atoms with Crippen LogP contribution in [0.4, 0.5) is 5.69 Å². The van der Waals surface area contributed by atoms with E-state index in [1.54, 1.807) is 11.3 Å². The van der Waals surface area contributed by atoms with E-state index in [0.29, 0.717) is 18.1 Å². The van der Waals surface area contributed by atoms with Gasteiger partial charge >= 0.3 is 0 Å². The van der Waals surface area contributed by atoms with E-state index in [9.17, 15) is 0 Å². The molecule has 0 amide bonds. The number of thiazole rings is 1. The zero-order valence-corrected chi connectivity index (χ0v) is 13.2. The molecule has 2 atom stereocenters. The van der Waals surface area contributed by atoms with Crippen molar-refractivity contribution >= 4 is 27.2 Å². The number of fused-ring (bicyclic) bond motifs is 1. The normalized spacial score (nSPS) is 23.4. The summed E-state index contributed by atoms with van der Waals surface area (Å²) < 4.78 is 7.10.